The predicted molar refractivity (Wildman–Crippen MR) is 115 cm³/mol. The van der Waals surface area contributed by atoms with Crippen molar-refractivity contribution >= 4 is 5.96 Å². The maximum atomic E-state index is 5.98. The van der Waals surface area contributed by atoms with Gasteiger partial charge < -0.3 is 19.7 Å². The molecule has 0 aliphatic carbocycles. The number of guanidine groups is 1. The summed E-state index contributed by atoms with van der Waals surface area (Å²) in [5, 5.41) is 3.65. The predicted octanol–water partition coefficient (Wildman–Crippen LogP) is 2.84. The second kappa shape index (κ2) is 14.2. The van der Waals surface area contributed by atoms with E-state index in [-0.39, 0.29) is 0 Å². The summed E-state index contributed by atoms with van der Waals surface area (Å²) in [6.07, 6.45) is 4.70. The van der Waals surface area contributed by atoms with Crippen molar-refractivity contribution in [3.63, 3.8) is 0 Å². The number of nitrogens with zero attached hydrogens (tertiary/aromatic N) is 3. The van der Waals surface area contributed by atoms with Crippen LogP contribution in [0.25, 0.3) is 0 Å². The SMILES string of the molecule is CCN(CC)C(CNC(=NC)N1CCC(OCCCOC)CC1)CC(C)C. The summed E-state index contributed by atoms with van der Waals surface area (Å²) >= 11 is 0. The van der Waals surface area contributed by atoms with Crippen LogP contribution in [0.5, 0.6) is 0 Å². The summed E-state index contributed by atoms with van der Waals surface area (Å²) < 4.78 is 11.1. The molecule has 160 valence electrons. The molecule has 1 aliphatic heterocycles. The van der Waals surface area contributed by atoms with Crippen molar-refractivity contribution < 1.29 is 9.47 Å². The summed E-state index contributed by atoms with van der Waals surface area (Å²) in [5.41, 5.74) is 0. The van der Waals surface area contributed by atoms with Crippen LogP contribution in [-0.4, -0.2) is 88.0 Å². The number of methoxy groups -OCH3 is 1. The maximum Gasteiger partial charge on any atom is 0.193 e. The van der Waals surface area contributed by atoms with Crippen molar-refractivity contribution in [1.82, 2.24) is 15.1 Å². The molecule has 1 fully saturated rings. The maximum absolute atomic E-state index is 5.98. The lowest BCUT2D eigenvalue weighted by Crippen LogP contribution is -2.51. The van der Waals surface area contributed by atoms with Gasteiger partial charge in [-0.15, -0.1) is 0 Å². The molecule has 1 unspecified atom stereocenters. The van der Waals surface area contributed by atoms with Gasteiger partial charge in [0.25, 0.3) is 0 Å². The van der Waals surface area contributed by atoms with E-state index < -0.39 is 0 Å². The molecule has 1 saturated heterocycles. The molecule has 1 rings (SSSR count). The summed E-state index contributed by atoms with van der Waals surface area (Å²) in [5.74, 6) is 1.74. The Morgan fingerprint density at radius 1 is 1.19 bits per heavy atom. The first-order valence-corrected chi connectivity index (χ1v) is 10.9. The first-order valence-electron chi connectivity index (χ1n) is 10.9. The average molecular weight is 385 g/mol. The molecular weight excluding hydrogens is 340 g/mol. The molecule has 0 aromatic rings. The monoisotopic (exact) mass is 384 g/mol. The topological polar surface area (TPSA) is 49.3 Å². The van der Waals surface area contributed by atoms with Crippen LogP contribution < -0.4 is 5.32 Å². The molecule has 27 heavy (non-hydrogen) atoms. The number of rotatable bonds is 12. The van der Waals surface area contributed by atoms with Crippen molar-refractivity contribution in [3.05, 3.63) is 0 Å². The van der Waals surface area contributed by atoms with Gasteiger partial charge in [-0.2, -0.15) is 0 Å². The lowest BCUT2D eigenvalue weighted by molar-refractivity contribution is 0.00984. The van der Waals surface area contributed by atoms with Crippen LogP contribution in [0.2, 0.25) is 0 Å². The zero-order chi connectivity index (χ0) is 20.1. The first kappa shape index (κ1) is 24.2. The van der Waals surface area contributed by atoms with Crippen LogP contribution in [0.3, 0.4) is 0 Å². The highest BCUT2D eigenvalue weighted by Gasteiger charge is 2.23. The molecule has 6 heteroatoms. The zero-order valence-electron chi connectivity index (χ0n) is 18.7. The Morgan fingerprint density at radius 2 is 1.85 bits per heavy atom. The van der Waals surface area contributed by atoms with Crippen molar-refractivity contribution in [3.8, 4) is 0 Å². The highest BCUT2D eigenvalue weighted by molar-refractivity contribution is 5.80. The van der Waals surface area contributed by atoms with Gasteiger partial charge in [-0.3, -0.25) is 9.89 Å². The minimum absolute atomic E-state index is 0.376. The lowest BCUT2D eigenvalue weighted by Gasteiger charge is -2.36. The van der Waals surface area contributed by atoms with Crippen molar-refractivity contribution in [1.29, 1.82) is 0 Å². The number of aliphatic imine (C=N–C) groups is 1. The van der Waals surface area contributed by atoms with Crippen LogP contribution >= 0.6 is 0 Å². The Bertz CT molecular complexity index is 392. The van der Waals surface area contributed by atoms with E-state index in [9.17, 15) is 0 Å². The Morgan fingerprint density at radius 3 is 2.37 bits per heavy atom. The second-order valence-corrected chi connectivity index (χ2v) is 7.84. The van der Waals surface area contributed by atoms with Crippen LogP contribution in [0, 0.1) is 5.92 Å². The van der Waals surface area contributed by atoms with Crippen molar-refractivity contribution in [2.24, 2.45) is 10.9 Å². The standard InChI is InChI=1S/C21H44N4O2/c1-7-24(8-2)19(16-18(3)4)17-23-21(22-5)25-12-10-20(11-13-25)27-15-9-14-26-6/h18-20H,7-17H2,1-6H3,(H,22,23). The third-order valence-corrected chi connectivity index (χ3v) is 5.37. The van der Waals surface area contributed by atoms with Gasteiger partial charge >= 0.3 is 0 Å². The fourth-order valence-electron chi connectivity index (χ4n) is 3.87. The summed E-state index contributed by atoms with van der Waals surface area (Å²) in [6, 6.07) is 0.554. The number of hydrogen-bond acceptors (Lipinski definition) is 4. The molecule has 0 saturated carbocycles. The highest BCUT2D eigenvalue weighted by atomic mass is 16.5. The van der Waals surface area contributed by atoms with Crippen LogP contribution in [-0.2, 0) is 9.47 Å². The number of likely N-dealkylation sites (tertiary alicyclic amines) is 1. The molecule has 0 amide bonds. The third kappa shape index (κ3) is 9.26. The van der Waals surface area contributed by atoms with Crippen molar-refractivity contribution in [2.75, 3.05) is 60.1 Å². The second-order valence-electron chi connectivity index (χ2n) is 7.84. The van der Waals surface area contributed by atoms with Crippen LogP contribution in [0.4, 0.5) is 0 Å². The van der Waals surface area contributed by atoms with E-state index in [0.717, 1.165) is 71.2 Å². The normalized spacial score (nSPS) is 17.8. The van der Waals surface area contributed by atoms with Gasteiger partial charge in [-0.05, 0) is 44.7 Å². The van der Waals surface area contributed by atoms with Gasteiger partial charge in [-0.25, -0.2) is 0 Å². The van der Waals surface area contributed by atoms with E-state index in [1.165, 1.54) is 6.42 Å². The van der Waals surface area contributed by atoms with E-state index in [2.05, 4.69) is 47.8 Å². The Balaban J connectivity index is 2.44. The molecule has 1 atom stereocenters. The third-order valence-electron chi connectivity index (χ3n) is 5.37. The quantitative estimate of drug-likeness (QED) is 0.318. The summed E-state index contributed by atoms with van der Waals surface area (Å²) in [6.45, 7) is 15.9. The minimum atomic E-state index is 0.376. The van der Waals surface area contributed by atoms with Gasteiger partial charge in [0.15, 0.2) is 5.96 Å². The number of ether oxygens (including phenoxy) is 2. The fourth-order valence-corrected chi connectivity index (χ4v) is 3.87. The van der Waals surface area contributed by atoms with E-state index >= 15 is 0 Å². The molecule has 0 aromatic heterocycles. The average Bonchev–Trinajstić information content (AvgIpc) is 2.67. The van der Waals surface area contributed by atoms with Crippen LogP contribution in [0.1, 0.15) is 53.4 Å². The Hall–Kier alpha value is -0.850. The van der Waals surface area contributed by atoms with Crippen LogP contribution in [0.15, 0.2) is 4.99 Å². The minimum Gasteiger partial charge on any atom is -0.385 e. The number of piperidine rings is 1. The number of nitrogens with one attached hydrogen (secondary N) is 1. The first-order chi connectivity index (χ1) is 13.0. The largest absolute Gasteiger partial charge is 0.385 e. The molecular formula is C21H44N4O2. The lowest BCUT2D eigenvalue weighted by atomic mass is 10.0. The van der Waals surface area contributed by atoms with Crippen molar-refractivity contribution in [2.45, 2.75) is 65.5 Å². The molecule has 0 bridgehead atoms. The van der Waals surface area contributed by atoms with Gasteiger partial charge in [0.05, 0.1) is 6.10 Å². The smallest absolute Gasteiger partial charge is 0.193 e. The van der Waals surface area contributed by atoms with Gasteiger partial charge in [0.2, 0.25) is 0 Å². The molecule has 1 aliphatic rings. The summed E-state index contributed by atoms with van der Waals surface area (Å²) in [7, 11) is 3.63. The van der Waals surface area contributed by atoms with Gasteiger partial charge in [-0.1, -0.05) is 27.7 Å². The van der Waals surface area contributed by atoms with E-state index in [1.54, 1.807) is 7.11 Å². The molecule has 0 aromatic carbocycles. The van der Waals surface area contributed by atoms with E-state index in [0.29, 0.717) is 18.1 Å². The molecule has 1 heterocycles. The number of hydrogen-bond donors (Lipinski definition) is 1. The Labute approximate surface area is 167 Å². The zero-order valence-corrected chi connectivity index (χ0v) is 18.7. The van der Waals surface area contributed by atoms with Gasteiger partial charge in [0, 0.05) is 53.0 Å². The number of likely N-dealkylation sites (N-methyl/N-ethyl adjacent to an activating group) is 1. The van der Waals surface area contributed by atoms with E-state index in [1.807, 2.05) is 7.05 Å². The molecule has 1 N–H and O–H groups in total. The molecule has 0 radical (unpaired) electrons. The fraction of sp³-hybridized carbons (Fsp3) is 0.952. The van der Waals surface area contributed by atoms with Gasteiger partial charge in [0.1, 0.15) is 0 Å². The molecule has 0 spiro atoms. The summed E-state index contributed by atoms with van der Waals surface area (Å²) in [4.78, 5) is 9.48. The van der Waals surface area contributed by atoms with E-state index in [4.69, 9.17) is 9.47 Å². The Kier molecular flexibility index (Phi) is 12.7. The highest BCUT2D eigenvalue weighted by Crippen LogP contribution is 2.15. The molecule has 6 nitrogen and oxygen atoms in total.